The Balaban J connectivity index is 1.35. The molecule has 0 bridgehead atoms. The molecule has 8 rings (SSSR count). The number of thiophene rings is 1. The van der Waals surface area contributed by atoms with E-state index >= 15 is 0 Å². The van der Waals surface area contributed by atoms with E-state index in [9.17, 15) is 0 Å². The summed E-state index contributed by atoms with van der Waals surface area (Å²) >= 11 is 1.57. The average molecular weight is 647 g/mol. The van der Waals surface area contributed by atoms with Crippen LogP contribution in [-0.4, -0.2) is 14.5 Å². The molecule has 48 heavy (non-hydrogen) atoms. The van der Waals surface area contributed by atoms with E-state index in [1.165, 1.54) is 11.1 Å². The first-order valence-corrected chi connectivity index (χ1v) is 17.3. The smallest absolute Gasteiger partial charge is 0.147 e. The van der Waals surface area contributed by atoms with Crippen LogP contribution in [0.25, 0.3) is 59.5 Å². The maximum atomic E-state index is 8.97. The predicted octanol–water partition coefficient (Wildman–Crippen LogP) is 12.3. The third-order valence-electron chi connectivity index (χ3n) is 9.07. The van der Waals surface area contributed by atoms with Crippen molar-refractivity contribution in [1.82, 2.24) is 14.5 Å². The topological polar surface area (TPSA) is 30.7 Å². The minimum Gasteiger partial charge on any atom is -0.292 e. The second-order valence-corrected chi connectivity index (χ2v) is 14.0. The molecule has 3 nitrogen and oxygen atoms in total. The van der Waals surface area contributed by atoms with E-state index in [1.807, 2.05) is 48.5 Å². The molecule has 0 N–H and O–H groups in total. The average Bonchev–Trinajstić information content (AvgIpc) is 3.72. The Morgan fingerprint density at radius 2 is 1.44 bits per heavy atom. The number of pyridine rings is 1. The molecule has 0 saturated heterocycles. The number of nitrogens with zero attached hydrogens (tertiary/aromatic N) is 3. The monoisotopic (exact) mass is 646 g/mol. The lowest BCUT2D eigenvalue weighted by atomic mass is 9.88. The van der Waals surface area contributed by atoms with Crippen molar-refractivity contribution >= 4 is 42.7 Å². The molecular formula is C44H39N3S. The molecule has 0 atom stereocenters. The van der Waals surface area contributed by atoms with Crippen LogP contribution >= 0.6 is 11.3 Å². The molecule has 3 aromatic heterocycles. The summed E-state index contributed by atoms with van der Waals surface area (Å²) in [5, 5.41) is 2.05. The second kappa shape index (κ2) is 12.2. The van der Waals surface area contributed by atoms with Crippen LogP contribution in [0, 0.1) is 6.85 Å². The SMILES string of the molecule is [2H]C([2H])([2H])c1ccc(-c2cc(C(C)C)c(-n3c(-c4cccc5c4sc4nc(C([2H])([2H])c6ccccc6)ccc45)nc4ccccc43)c(C(C)C)c2)cc1. The van der Waals surface area contributed by atoms with Crippen molar-refractivity contribution in [2.75, 3.05) is 0 Å². The van der Waals surface area contributed by atoms with E-state index in [4.69, 9.17) is 16.8 Å². The van der Waals surface area contributed by atoms with Gasteiger partial charge in [0.2, 0.25) is 0 Å². The molecule has 4 heteroatoms. The molecule has 5 aromatic carbocycles. The summed E-state index contributed by atoms with van der Waals surface area (Å²) in [6.45, 7) is 6.71. The van der Waals surface area contributed by atoms with Crippen LogP contribution in [0.5, 0.6) is 0 Å². The van der Waals surface area contributed by atoms with Gasteiger partial charge in [-0.15, -0.1) is 11.3 Å². The van der Waals surface area contributed by atoms with E-state index in [-0.39, 0.29) is 11.8 Å². The van der Waals surface area contributed by atoms with Gasteiger partial charge in [0.05, 0.1) is 16.7 Å². The number of aromatic nitrogens is 3. The van der Waals surface area contributed by atoms with Gasteiger partial charge in [0, 0.05) is 40.0 Å². The number of hydrogen-bond donors (Lipinski definition) is 0. The lowest BCUT2D eigenvalue weighted by Crippen LogP contribution is -2.09. The first-order valence-electron chi connectivity index (χ1n) is 19.0. The Hall–Kier alpha value is -5.06. The van der Waals surface area contributed by atoms with Crippen molar-refractivity contribution in [3.8, 4) is 28.2 Å². The number of para-hydroxylation sites is 2. The van der Waals surface area contributed by atoms with Gasteiger partial charge in [-0.2, -0.15) is 0 Å². The highest BCUT2D eigenvalue weighted by Crippen LogP contribution is 2.44. The number of hydrogen-bond acceptors (Lipinski definition) is 3. The lowest BCUT2D eigenvalue weighted by Gasteiger charge is -2.24. The molecule has 3 heterocycles. The van der Waals surface area contributed by atoms with Crippen LogP contribution in [0.2, 0.25) is 0 Å². The summed E-state index contributed by atoms with van der Waals surface area (Å²) in [7, 11) is 0. The lowest BCUT2D eigenvalue weighted by molar-refractivity contribution is 0.812. The van der Waals surface area contributed by atoms with E-state index in [0.717, 1.165) is 59.5 Å². The summed E-state index contributed by atoms with van der Waals surface area (Å²) in [6, 6.07) is 39.4. The van der Waals surface area contributed by atoms with Gasteiger partial charge in [0.15, 0.2) is 0 Å². The van der Waals surface area contributed by atoms with Crippen molar-refractivity contribution < 1.29 is 6.85 Å². The van der Waals surface area contributed by atoms with Crippen LogP contribution in [0.3, 0.4) is 0 Å². The molecule has 0 spiro atoms. The number of rotatable bonds is 7. The standard InChI is InChI=1S/C44H39N3S/c1-27(2)37-25-32(31-20-18-29(5)19-21-31)26-38(28(3)4)41(37)47-40-17-10-9-16-39(40)46-43(47)36-15-11-14-34-35-23-22-33(45-44(35)48-42(34)36)24-30-12-7-6-8-13-30/h6-23,25-28H,24H2,1-5H3/i5D3,24D2. The normalized spacial score (nSPS) is 14.0. The molecule has 236 valence electrons. The number of benzene rings is 5. The molecule has 0 radical (unpaired) electrons. The fourth-order valence-corrected chi connectivity index (χ4v) is 7.86. The van der Waals surface area contributed by atoms with Gasteiger partial charge in [-0.1, -0.05) is 112 Å². The van der Waals surface area contributed by atoms with Crippen LogP contribution in [0.1, 0.15) is 74.3 Å². The summed E-state index contributed by atoms with van der Waals surface area (Å²) < 4.78 is 44.9. The Morgan fingerprint density at radius 3 is 2.17 bits per heavy atom. The van der Waals surface area contributed by atoms with Gasteiger partial charge in [0.25, 0.3) is 0 Å². The fourth-order valence-electron chi connectivity index (χ4n) is 6.67. The highest BCUT2D eigenvalue weighted by atomic mass is 32.1. The summed E-state index contributed by atoms with van der Waals surface area (Å²) in [6.07, 6.45) is -1.74. The summed E-state index contributed by atoms with van der Waals surface area (Å²) in [4.78, 5) is 11.0. The molecule has 0 amide bonds. The van der Waals surface area contributed by atoms with Crippen LogP contribution in [0.15, 0.2) is 121 Å². The third kappa shape index (κ3) is 5.31. The molecule has 0 aliphatic rings. The third-order valence-corrected chi connectivity index (χ3v) is 10.2. The molecule has 8 aromatic rings. The minimum absolute atomic E-state index is 0.167. The van der Waals surface area contributed by atoms with Gasteiger partial charge in [-0.25, -0.2) is 9.97 Å². The zero-order valence-electron chi connectivity index (χ0n) is 32.5. The zero-order chi connectivity index (χ0) is 37.2. The van der Waals surface area contributed by atoms with Gasteiger partial charge in [-0.05, 0) is 89.0 Å². The van der Waals surface area contributed by atoms with Crippen LogP contribution in [-0.2, 0) is 6.37 Å². The number of imidazole rings is 1. The van der Waals surface area contributed by atoms with Crippen molar-refractivity contribution in [2.24, 2.45) is 0 Å². The van der Waals surface area contributed by atoms with Gasteiger partial charge < -0.3 is 0 Å². The number of fused-ring (bicyclic) bond motifs is 4. The van der Waals surface area contributed by atoms with Gasteiger partial charge >= 0.3 is 0 Å². The molecule has 0 saturated carbocycles. The first kappa shape index (κ1) is 25.0. The van der Waals surface area contributed by atoms with E-state index < -0.39 is 13.2 Å². The Morgan fingerprint density at radius 1 is 0.708 bits per heavy atom. The summed E-state index contributed by atoms with van der Waals surface area (Å²) in [5.41, 5.74) is 9.66. The Labute approximate surface area is 293 Å². The molecule has 0 aliphatic heterocycles. The predicted molar refractivity (Wildman–Crippen MR) is 205 cm³/mol. The minimum atomic E-state index is -2.15. The maximum absolute atomic E-state index is 8.97. The Kier molecular flexibility index (Phi) is 6.35. The zero-order valence-corrected chi connectivity index (χ0v) is 28.3. The number of aryl methyl sites for hydroxylation is 1. The molecular weight excluding hydrogens is 603 g/mol. The quantitative estimate of drug-likeness (QED) is 0.172. The van der Waals surface area contributed by atoms with Crippen LogP contribution in [0.4, 0.5) is 0 Å². The van der Waals surface area contributed by atoms with E-state index in [1.54, 1.807) is 35.6 Å². The largest absolute Gasteiger partial charge is 0.292 e. The Bertz CT molecular complexity index is 2610. The van der Waals surface area contributed by atoms with Crippen molar-refractivity contribution in [3.05, 3.63) is 149 Å². The van der Waals surface area contributed by atoms with Gasteiger partial charge in [-0.3, -0.25) is 4.57 Å². The highest BCUT2D eigenvalue weighted by Gasteiger charge is 2.25. The van der Waals surface area contributed by atoms with Gasteiger partial charge in [0.1, 0.15) is 10.7 Å². The second-order valence-electron chi connectivity index (χ2n) is 13.0. The first-order chi connectivity index (χ1) is 25.3. The van der Waals surface area contributed by atoms with Crippen LogP contribution < -0.4 is 0 Å². The van der Waals surface area contributed by atoms with Crippen molar-refractivity contribution in [1.29, 1.82) is 0 Å². The molecule has 0 unspecified atom stereocenters. The van der Waals surface area contributed by atoms with E-state index in [0.29, 0.717) is 16.8 Å². The van der Waals surface area contributed by atoms with Crippen molar-refractivity contribution in [3.63, 3.8) is 0 Å². The van der Waals surface area contributed by atoms with Crippen molar-refractivity contribution in [2.45, 2.75) is 52.8 Å². The summed E-state index contributed by atoms with van der Waals surface area (Å²) in [5.74, 6) is 1.17. The fraction of sp³-hybridized carbons (Fsp3) is 0.182. The molecule has 0 aliphatic carbocycles. The maximum Gasteiger partial charge on any atom is 0.147 e. The van der Waals surface area contributed by atoms with E-state index in [2.05, 4.69) is 80.8 Å². The molecule has 0 fully saturated rings. The highest BCUT2D eigenvalue weighted by molar-refractivity contribution is 7.26.